The monoisotopic (exact) mass is 185 g/mol. The van der Waals surface area contributed by atoms with Gasteiger partial charge in [-0.15, -0.1) is 0 Å². The maximum absolute atomic E-state index is 10.2. The summed E-state index contributed by atoms with van der Waals surface area (Å²) in [6.07, 6.45) is 4.17. The van der Waals surface area contributed by atoms with E-state index in [0.717, 1.165) is 12.8 Å². The van der Waals surface area contributed by atoms with E-state index in [0.29, 0.717) is 25.3 Å². The molecule has 2 fully saturated rings. The summed E-state index contributed by atoms with van der Waals surface area (Å²) in [5.41, 5.74) is -0.549. The first-order valence-corrected chi connectivity index (χ1v) is 5.28. The number of rotatable bonds is 3. The summed E-state index contributed by atoms with van der Waals surface area (Å²) in [5, 5.41) is 13.7. The predicted molar refractivity (Wildman–Crippen MR) is 50.6 cm³/mol. The van der Waals surface area contributed by atoms with Crippen molar-refractivity contribution in [1.82, 2.24) is 5.32 Å². The van der Waals surface area contributed by atoms with Gasteiger partial charge in [0.1, 0.15) is 0 Å². The van der Waals surface area contributed by atoms with E-state index in [1.807, 2.05) is 6.92 Å². The number of hydrogen-bond acceptors (Lipinski definition) is 3. The quantitative estimate of drug-likeness (QED) is 0.679. The lowest BCUT2D eigenvalue weighted by atomic mass is 9.88. The van der Waals surface area contributed by atoms with Gasteiger partial charge in [-0.25, -0.2) is 0 Å². The van der Waals surface area contributed by atoms with Gasteiger partial charge in [0.2, 0.25) is 0 Å². The molecule has 2 aliphatic rings. The third-order valence-corrected chi connectivity index (χ3v) is 3.16. The van der Waals surface area contributed by atoms with E-state index in [4.69, 9.17) is 4.74 Å². The summed E-state index contributed by atoms with van der Waals surface area (Å²) in [4.78, 5) is 0. The van der Waals surface area contributed by atoms with Gasteiger partial charge in [-0.1, -0.05) is 0 Å². The zero-order valence-corrected chi connectivity index (χ0v) is 8.25. The number of piperidine rings is 1. The molecule has 0 spiro atoms. The highest BCUT2D eigenvalue weighted by molar-refractivity contribution is 4.99. The molecule has 3 heteroatoms. The van der Waals surface area contributed by atoms with Crippen LogP contribution >= 0.6 is 0 Å². The summed E-state index contributed by atoms with van der Waals surface area (Å²) in [7, 11) is 0. The molecule has 2 bridgehead atoms. The van der Waals surface area contributed by atoms with Crippen molar-refractivity contribution in [2.24, 2.45) is 0 Å². The van der Waals surface area contributed by atoms with Crippen LogP contribution in [0.2, 0.25) is 0 Å². The summed E-state index contributed by atoms with van der Waals surface area (Å²) >= 11 is 0. The minimum atomic E-state index is -0.549. The van der Waals surface area contributed by atoms with Crippen molar-refractivity contribution >= 4 is 0 Å². The van der Waals surface area contributed by atoms with Gasteiger partial charge in [0.25, 0.3) is 0 Å². The van der Waals surface area contributed by atoms with Crippen LogP contribution in [-0.4, -0.2) is 36.0 Å². The van der Waals surface area contributed by atoms with Crippen molar-refractivity contribution < 1.29 is 9.84 Å². The standard InChI is InChI=1S/C10H19NO2/c1-2-13-7-10(12)5-8-3-4-9(6-10)11-8/h8-9,11-12H,2-7H2,1H3. The Kier molecular flexibility index (Phi) is 2.58. The van der Waals surface area contributed by atoms with Crippen LogP contribution in [0.3, 0.4) is 0 Å². The molecule has 76 valence electrons. The molecule has 2 atom stereocenters. The second kappa shape index (κ2) is 3.56. The van der Waals surface area contributed by atoms with E-state index >= 15 is 0 Å². The largest absolute Gasteiger partial charge is 0.387 e. The molecule has 2 N–H and O–H groups in total. The zero-order valence-electron chi connectivity index (χ0n) is 8.25. The molecule has 0 aromatic heterocycles. The predicted octanol–water partition coefficient (Wildman–Crippen LogP) is 0.668. The lowest BCUT2D eigenvalue weighted by molar-refractivity contribution is -0.0721. The van der Waals surface area contributed by atoms with E-state index < -0.39 is 5.60 Å². The molecule has 2 saturated heterocycles. The summed E-state index contributed by atoms with van der Waals surface area (Å²) in [5.74, 6) is 0. The number of aliphatic hydroxyl groups is 1. The molecule has 3 nitrogen and oxygen atoms in total. The van der Waals surface area contributed by atoms with Crippen LogP contribution < -0.4 is 5.32 Å². The highest BCUT2D eigenvalue weighted by Gasteiger charge is 2.42. The first-order chi connectivity index (χ1) is 6.22. The van der Waals surface area contributed by atoms with E-state index in [-0.39, 0.29) is 0 Å². The zero-order chi connectivity index (χ0) is 9.31. The highest BCUT2D eigenvalue weighted by Crippen LogP contribution is 2.33. The maximum atomic E-state index is 10.2. The Balaban J connectivity index is 1.92. The average Bonchev–Trinajstić information content (AvgIpc) is 2.43. The minimum absolute atomic E-state index is 0.512. The summed E-state index contributed by atoms with van der Waals surface area (Å²) in [6, 6.07) is 1.06. The molecule has 0 radical (unpaired) electrons. The highest BCUT2D eigenvalue weighted by atomic mass is 16.5. The Morgan fingerprint density at radius 3 is 2.54 bits per heavy atom. The molecule has 2 rings (SSSR count). The van der Waals surface area contributed by atoms with Crippen molar-refractivity contribution in [2.75, 3.05) is 13.2 Å². The molecule has 2 heterocycles. The van der Waals surface area contributed by atoms with Gasteiger partial charge in [-0.3, -0.25) is 0 Å². The van der Waals surface area contributed by atoms with Crippen LogP contribution in [0.4, 0.5) is 0 Å². The van der Waals surface area contributed by atoms with Crippen LogP contribution in [0.5, 0.6) is 0 Å². The smallest absolute Gasteiger partial charge is 0.0909 e. The molecule has 0 amide bonds. The fourth-order valence-electron chi connectivity index (χ4n) is 2.63. The lowest BCUT2D eigenvalue weighted by Gasteiger charge is -2.36. The van der Waals surface area contributed by atoms with Gasteiger partial charge in [0.15, 0.2) is 0 Å². The van der Waals surface area contributed by atoms with Gasteiger partial charge >= 0.3 is 0 Å². The second-order valence-corrected chi connectivity index (χ2v) is 4.41. The Labute approximate surface area is 79.5 Å². The van der Waals surface area contributed by atoms with Crippen LogP contribution in [-0.2, 0) is 4.74 Å². The van der Waals surface area contributed by atoms with Crippen molar-refractivity contribution in [3.63, 3.8) is 0 Å². The molecular weight excluding hydrogens is 166 g/mol. The van der Waals surface area contributed by atoms with E-state index in [1.54, 1.807) is 0 Å². The molecule has 13 heavy (non-hydrogen) atoms. The van der Waals surface area contributed by atoms with E-state index in [2.05, 4.69) is 5.32 Å². The van der Waals surface area contributed by atoms with Gasteiger partial charge in [-0.2, -0.15) is 0 Å². The first kappa shape index (κ1) is 9.44. The first-order valence-electron chi connectivity index (χ1n) is 5.28. The number of nitrogens with one attached hydrogen (secondary N) is 1. The van der Waals surface area contributed by atoms with Crippen LogP contribution in [0.1, 0.15) is 32.6 Å². The molecule has 0 aromatic carbocycles. The van der Waals surface area contributed by atoms with Crippen molar-refractivity contribution in [1.29, 1.82) is 0 Å². The topological polar surface area (TPSA) is 41.5 Å². The van der Waals surface area contributed by atoms with E-state index in [9.17, 15) is 5.11 Å². The molecule has 2 unspecified atom stereocenters. The Hall–Kier alpha value is -0.120. The van der Waals surface area contributed by atoms with E-state index in [1.165, 1.54) is 12.8 Å². The van der Waals surface area contributed by atoms with Crippen molar-refractivity contribution in [2.45, 2.75) is 50.3 Å². The van der Waals surface area contributed by atoms with Gasteiger partial charge < -0.3 is 15.2 Å². The second-order valence-electron chi connectivity index (χ2n) is 4.41. The van der Waals surface area contributed by atoms with Gasteiger partial charge in [0, 0.05) is 18.7 Å². The third-order valence-electron chi connectivity index (χ3n) is 3.16. The number of hydrogen-bond donors (Lipinski definition) is 2. The fraction of sp³-hybridized carbons (Fsp3) is 1.00. The van der Waals surface area contributed by atoms with Gasteiger partial charge in [-0.05, 0) is 32.6 Å². The number of fused-ring (bicyclic) bond motifs is 2. The van der Waals surface area contributed by atoms with Gasteiger partial charge in [0.05, 0.1) is 12.2 Å². The normalized spacial score (nSPS) is 43.8. The summed E-state index contributed by atoms with van der Waals surface area (Å²) < 4.78 is 5.32. The molecule has 0 saturated carbocycles. The lowest BCUT2D eigenvalue weighted by Crippen LogP contribution is -2.50. The van der Waals surface area contributed by atoms with Crippen LogP contribution in [0.15, 0.2) is 0 Å². The average molecular weight is 185 g/mol. The van der Waals surface area contributed by atoms with Crippen molar-refractivity contribution in [3.05, 3.63) is 0 Å². The summed E-state index contributed by atoms with van der Waals surface area (Å²) in [6.45, 7) is 3.18. The Bertz CT molecular complexity index is 172. The van der Waals surface area contributed by atoms with Crippen molar-refractivity contribution in [3.8, 4) is 0 Å². The Morgan fingerprint density at radius 2 is 2.00 bits per heavy atom. The minimum Gasteiger partial charge on any atom is -0.387 e. The number of ether oxygens (including phenoxy) is 1. The van der Waals surface area contributed by atoms with Crippen LogP contribution in [0, 0.1) is 0 Å². The molecule has 2 aliphatic heterocycles. The molecular formula is C10H19NO2. The third kappa shape index (κ3) is 2.03. The van der Waals surface area contributed by atoms with Crippen LogP contribution in [0.25, 0.3) is 0 Å². The maximum Gasteiger partial charge on any atom is 0.0909 e. The SMILES string of the molecule is CCOCC1(O)CC2CCC(C1)N2. The molecule has 0 aromatic rings. The Morgan fingerprint density at radius 1 is 1.38 bits per heavy atom. The molecule has 0 aliphatic carbocycles. The fourth-order valence-corrected chi connectivity index (χ4v) is 2.63.